The van der Waals surface area contributed by atoms with Crippen LogP contribution < -0.4 is 0 Å². The van der Waals surface area contributed by atoms with Crippen LogP contribution in [0.2, 0.25) is 0 Å². The van der Waals surface area contributed by atoms with Crippen LogP contribution in [0.3, 0.4) is 0 Å². The van der Waals surface area contributed by atoms with Gasteiger partial charge in [0, 0.05) is 18.9 Å². The minimum absolute atomic E-state index is 0.261. The van der Waals surface area contributed by atoms with Crippen LogP contribution in [0.1, 0.15) is 18.5 Å². The molecule has 6 heteroatoms. The molecule has 0 radical (unpaired) electrons. The standard InChI is InChI=1S/C15H17N3O3/c1-12(18-9-5-8-16-18)15(21)17(11-14(19)20)10-13-6-3-2-4-7-13/h2-9,12H,10-11H2,1H3,(H,19,20)/t12-/m1/s1. The number of hydrogen-bond acceptors (Lipinski definition) is 3. The third-order valence-electron chi connectivity index (χ3n) is 3.13. The number of carboxylic acids is 1. The molecule has 0 spiro atoms. The maximum atomic E-state index is 12.5. The van der Waals surface area contributed by atoms with Gasteiger partial charge in [-0.15, -0.1) is 0 Å². The quantitative estimate of drug-likeness (QED) is 0.874. The molecule has 1 heterocycles. The van der Waals surface area contributed by atoms with E-state index in [1.807, 2.05) is 30.3 Å². The molecule has 1 aromatic heterocycles. The minimum Gasteiger partial charge on any atom is -0.480 e. The summed E-state index contributed by atoms with van der Waals surface area (Å²) in [5.74, 6) is -1.31. The number of nitrogens with zero attached hydrogens (tertiary/aromatic N) is 3. The highest BCUT2D eigenvalue weighted by atomic mass is 16.4. The van der Waals surface area contributed by atoms with Crippen LogP contribution in [0.25, 0.3) is 0 Å². The first-order valence-electron chi connectivity index (χ1n) is 6.61. The van der Waals surface area contributed by atoms with Gasteiger partial charge >= 0.3 is 5.97 Å². The van der Waals surface area contributed by atoms with Gasteiger partial charge in [-0.3, -0.25) is 14.3 Å². The molecule has 21 heavy (non-hydrogen) atoms. The molecule has 0 aliphatic carbocycles. The molecule has 1 amide bonds. The van der Waals surface area contributed by atoms with Crippen molar-refractivity contribution in [3.63, 3.8) is 0 Å². The van der Waals surface area contributed by atoms with Crippen LogP contribution in [0.4, 0.5) is 0 Å². The zero-order valence-corrected chi connectivity index (χ0v) is 11.7. The summed E-state index contributed by atoms with van der Waals surface area (Å²) in [5, 5.41) is 13.0. The summed E-state index contributed by atoms with van der Waals surface area (Å²) in [5.41, 5.74) is 0.889. The average Bonchev–Trinajstić information content (AvgIpc) is 3.00. The van der Waals surface area contributed by atoms with E-state index >= 15 is 0 Å². The van der Waals surface area contributed by atoms with Crippen molar-refractivity contribution >= 4 is 11.9 Å². The Hall–Kier alpha value is -2.63. The van der Waals surface area contributed by atoms with E-state index in [1.165, 1.54) is 9.58 Å². The molecule has 1 N–H and O–H groups in total. The number of amides is 1. The second-order valence-electron chi connectivity index (χ2n) is 4.74. The molecule has 1 atom stereocenters. The topological polar surface area (TPSA) is 75.4 Å². The zero-order valence-electron chi connectivity index (χ0n) is 11.7. The van der Waals surface area contributed by atoms with Crippen molar-refractivity contribution in [1.29, 1.82) is 0 Å². The number of aromatic nitrogens is 2. The summed E-state index contributed by atoms with van der Waals surface area (Å²) < 4.78 is 1.52. The number of carbonyl (C=O) groups is 2. The first-order chi connectivity index (χ1) is 10.1. The zero-order chi connectivity index (χ0) is 15.2. The molecule has 2 rings (SSSR count). The van der Waals surface area contributed by atoms with Gasteiger partial charge in [-0.1, -0.05) is 30.3 Å². The van der Waals surface area contributed by atoms with E-state index in [4.69, 9.17) is 5.11 Å². The van der Waals surface area contributed by atoms with Crippen molar-refractivity contribution < 1.29 is 14.7 Å². The van der Waals surface area contributed by atoms with Crippen LogP contribution in [0.5, 0.6) is 0 Å². The number of benzene rings is 1. The fourth-order valence-electron chi connectivity index (χ4n) is 2.07. The van der Waals surface area contributed by atoms with Crippen LogP contribution in [-0.4, -0.2) is 38.2 Å². The summed E-state index contributed by atoms with van der Waals surface area (Å²) in [4.78, 5) is 24.8. The van der Waals surface area contributed by atoms with E-state index in [2.05, 4.69) is 5.10 Å². The maximum Gasteiger partial charge on any atom is 0.323 e. The fraction of sp³-hybridized carbons (Fsp3) is 0.267. The Morgan fingerprint density at radius 1 is 1.29 bits per heavy atom. The molecule has 0 aliphatic rings. The van der Waals surface area contributed by atoms with Gasteiger partial charge in [0.25, 0.3) is 0 Å². The Morgan fingerprint density at radius 2 is 2.00 bits per heavy atom. The van der Waals surface area contributed by atoms with E-state index < -0.39 is 12.0 Å². The van der Waals surface area contributed by atoms with Gasteiger partial charge in [0.15, 0.2) is 0 Å². The lowest BCUT2D eigenvalue weighted by Crippen LogP contribution is -2.39. The van der Waals surface area contributed by atoms with E-state index in [0.29, 0.717) is 0 Å². The summed E-state index contributed by atoms with van der Waals surface area (Å²) in [7, 11) is 0. The minimum atomic E-state index is -1.04. The van der Waals surface area contributed by atoms with Crippen molar-refractivity contribution in [2.75, 3.05) is 6.54 Å². The van der Waals surface area contributed by atoms with Gasteiger partial charge in [-0.25, -0.2) is 0 Å². The molecule has 0 saturated heterocycles. The Balaban J connectivity index is 2.15. The van der Waals surface area contributed by atoms with Crippen LogP contribution >= 0.6 is 0 Å². The first-order valence-corrected chi connectivity index (χ1v) is 6.61. The maximum absolute atomic E-state index is 12.5. The van der Waals surface area contributed by atoms with Crippen LogP contribution in [0, 0.1) is 0 Å². The van der Waals surface area contributed by atoms with Gasteiger partial charge < -0.3 is 10.0 Å². The van der Waals surface area contributed by atoms with Crippen LogP contribution in [-0.2, 0) is 16.1 Å². The van der Waals surface area contributed by atoms with Crippen molar-refractivity contribution in [2.24, 2.45) is 0 Å². The lowest BCUT2D eigenvalue weighted by Gasteiger charge is -2.24. The lowest BCUT2D eigenvalue weighted by molar-refractivity contribution is -0.146. The number of carbonyl (C=O) groups excluding carboxylic acids is 1. The SMILES string of the molecule is C[C@H](C(=O)N(CC(=O)O)Cc1ccccc1)n1cccn1. The second-order valence-corrected chi connectivity index (χ2v) is 4.74. The third-order valence-corrected chi connectivity index (χ3v) is 3.13. The summed E-state index contributed by atoms with van der Waals surface area (Å²) in [6.07, 6.45) is 3.27. The number of carboxylic acid groups (broad SMARTS) is 1. The molecule has 0 unspecified atom stereocenters. The molecule has 2 aromatic rings. The number of aliphatic carboxylic acids is 1. The third kappa shape index (κ3) is 3.92. The Morgan fingerprint density at radius 3 is 2.57 bits per heavy atom. The average molecular weight is 287 g/mol. The predicted molar refractivity (Wildman–Crippen MR) is 76.4 cm³/mol. The van der Waals surface area contributed by atoms with E-state index in [9.17, 15) is 9.59 Å². The predicted octanol–water partition coefficient (Wildman–Crippen LogP) is 1.56. The smallest absolute Gasteiger partial charge is 0.323 e. The molecule has 0 saturated carbocycles. The molecule has 0 bridgehead atoms. The monoisotopic (exact) mass is 287 g/mol. The Bertz CT molecular complexity index is 596. The summed E-state index contributed by atoms with van der Waals surface area (Å²) in [6.45, 7) is 1.63. The largest absolute Gasteiger partial charge is 0.480 e. The molecule has 1 aromatic carbocycles. The molecular weight excluding hydrogens is 270 g/mol. The van der Waals surface area contributed by atoms with Crippen molar-refractivity contribution in [3.8, 4) is 0 Å². The van der Waals surface area contributed by atoms with Crippen molar-refractivity contribution in [3.05, 3.63) is 54.4 Å². The normalized spacial score (nSPS) is 11.9. The van der Waals surface area contributed by atoms with E-state index in [-0.39, 0.29) is 19.0 Å². The van der Waals surface area contributed by atoms with E-state index in [0.717, 1.165) is 5.56 Å². The fourth-order valence-corrected chi connectivity index (χ4v) is 2.07. The molecule has 110 valence electrons. The van der Waals surface area contributed by atoms with Gasteiger partial charge in [-0.05, 0) is 18.6 Å². The Labute approximate surface area is 122 Å². The van der Waals surface area contributed by atoms with Gasteiger partial charge in [0.1, 0.15) is 12.6 Å². The second kappa shape index (κ2) is 6.69. The summed E-state index contributed by atoms with van der Waals surface area (Å²) >= 11 is 0. The van der Waals surface area contributed by atoms with Gasteiger partial charge in [0.2, 0.25) is 5.91 Å². The molecule has 6 nitrogen and oxygen atoms in total. The molecule has 0 aliphatic heterocycles. The van der Waals surface area contributed by atoms with Gasteiger partial charge in [-0.2, -0.15) is 5.10 Å². The highest BCUT2D eigenvalue weighted by molar-refractivity contribution is 5.83. The lowest BCUT2D eigenvalue weighted by atomic mass is 10.2. The highest BCUT2D eigenvalue weighted by Gasteiger charge is 2.24. The van der Waals surface area contributed by atoms with Gasteiger partial charge in [0.05, 0.1) is 0 Å². The summed E-state index contributed by atoms with van der Waals surface area (Å²) in [6, 6.07) is 10.5. The first kappa shape index (κ1) is 14.8. The van der Waals surface area contributed by atoms with Crippen LogP contribution in [0.15, 0.2) is 48.8 Å². The highest BCUT2D eigenvalue weighted by Crippen LogP contribution is 2.12. The molecule has 0 fully saturated rings. The van der Waals surface area contributed by atoms with E-state index in [1.54, 1.807) is 25.4 Å². The number of hydrogen-bond donors (Lipinski definition) is 1. The Kier molecular flexibility index (Phi) is 4.71. The van der Waals surface area contributed by atoms with Crippen molar-refractivity contribution in [1.82, 2.24) is 14.7 Å². The number of rotatable bonds is 6. The molecular formula is C15H17N3O3. The van der Waals surface area contributed by atoms with Crippen molar-refractivity contribution in [2.45, 2.75) is 19.5 Å².